The number of nitrogen functional groups attached to an aromatic ring is 1. The van der Waals surface area contributed by atoms with Crippen LogP contribution in [0.15, 0.2) is 12.4 Å². The van der Waals surface area contributed by atoms with Gasteiger partial charge in [-0.15, -0.1) is 0 Å². The normalized spacial score (nSPS) is 11.3. The van der Waals surface area contributed by atoms with Crippen LogP contribution < -0.4 is 5.73 Å². The highest BCUT2D eigenvalue weighted by molar-refractivity contribution is 5.74. The highest BCUT2D eigenvalue weighted by atomic mass is 14.9. The van der Waals surface area contributed by atoms with Crippen molar-refractivity contribution >= 4 is 5.82 Å². The Balaban J connectivity index is 2.76. The molecule has 0 bridgehead atoms. The number of hydrogen-bond donors (Lipinski definition) is 2. The second kappa shape index (κ2) is 4.39. The lowest BCUT2D eigenvalue weighted by Gasteiger charge is -2.19. The average Bonchev–Trinajstić information content (AvgIpc) is 2.73. The van der Waals surface area contributed by atoms with Gasteiger partial charge in [0.2, 0.25) is 0 Å². The number of aromatic nitrogens is 3. The number of nitrogens with zero attached hydrogens (tertiary/aromatic N) is 3. The number of nitrogens with one attached hydrogen (secondary N) is 1. The first-order valence-corrected chi connectivity index (χ1v) is 6.06. The fourth-order valence-electron chi connectivity index (χ4n) is 1.88. The number of nitrogens with two attached hydrogens (primary N) is 1. The molecule has 2 rings (SSSR count). The Kier molecular flexibility index (Phi) is 3.03. The summed E-state index contributed by atoms with van der Waals surface area (Å²) in [6.07, 6.45) is 1.61. The number of anilines is 1. The molecule has 2 heterocycles. The molecule has 0 radical (unpaired) electrons. The molecule has 0 fully saturated rings. The van der Waals surface area contributed by atoms with Crippen molar-refractivity contribution in [3.05, 3.63) is 29.3 Å². The molecule has 0 aromatic carbocycles. The predicted molar refractivity (Wildman–Crippen MR) is 74.4 cm³/mol. The predicted octanol–water partition coefficient (Wildman–Crippen LogP) is 2.53. The van der Waals surface area contributed by atoms with E-state index in [1.807, 2.05) is 13.0 Å². The fraction of sp³-hybridized carbons (Fsp3) is 0.357. The zero-order chi connectivity index (χ0) is 14.2. The quantitative estimate of drug-likeness (QED) is 0.819. The molecule has 19 heavy (non-hydrogen) atoms. The topological polar surface area (TPSA) is 91.4 Å². The van der Waals surface area contributed by atoms with Crippen LogP contribution in [-0.2, 0) is 5.41 Å². The second-order valence-corrected chi connectivity index (χ2v) is 5.55. The average molecular weight is 255 g/mol. The van der Waals surface area contributed by atoms with E-state index in [0.29, 0.717) is 5.56 Å². The molecular formula is C14H17N5. The molecule has 98 valence electrons. The minimum absolute atomic E-state index is 0.138. The largest absolute Gasteiger partial charge is 0.383 e. The molecule has 5 nitrogen and oxygen atoms in total. The van der Waals surface area contributed by atoms with Crippen LogP contribution in [0.25, 0.3) is 11.3 Å². The molecule has 2 aromatic rings. The zero-order valence-electron chi connectivity index (χ0n) is 11.6. The Hall–Kier alpha value is -2.35. The van der Waals surface area contributed by atoms with E-state index in [1.54, 1.807) is 6.33 Å². The Bertz CT molecular complexity index is 655. The first-order valence-electron chi connectivity index (χ1n) is 6.06. The van der Waals surface area contributed by atoms with E-state index in [-0.39, 0.29) is 11.2 Å². The Morgan fingerprint density at radius 2 is 2.05 bits per heavy atom. The van der Waals surface area contributed by atoms with Crippen LogP contribution in [0.3, 0.4) is 0 Å². The summed E-state index contributed by atoms with van der Waals surface area (Å²) in [6.45, 7) is 8.09. The van der Waals surface area contributed by atoms with E-state index >= 15 is 0 Å². The van der Waals surface area contributed by atoms with Crippen molar-refractivity contribution in [2.45, 2.75) is 33.1 Å². The van der Waals surface area contributed by atoms with E-state index in [2.05, 4.69) is 41.8 Å². The second-order valence-electron chi connectivity index (χ2n) is 5.55. The van der Waals surface area contributed by atoms with Gasteiger partial charge in [-0.3, -0.25) is 0 Å². The lowest BCUT2D eigenvalue weighted by Crippen LogP contribution is -2.15. The van der Waals surface area contributed by atoms with Gasteiger partial charge in [-0.2, -0.15) is 5.26 Å². The SMILES string of the molecule is Cc1[nH]cnc1-c1cc(C(C)(C)C)nc(N)c1C#N. The van der Waals surface area contributed by atoms with Crippen LogP contribution in [-0.4, -0.2) is 15.0 Å². The van der Waals surface area contributed by atoms with Crippen LogP contribution in [0.1, 0.15) is 37.7 Å². The highest BCUT2D eigenvalue weighted by Crippen LogP contribution is 2.31. The first kappa shape index (κ1) is 13.1. The van der Waals surface area contributed by atoms with Crippen LogP contribution in [0, 0.1) is 18.3 Å². The van der Waals surface area contributed by atoms with Gasteiger partial charge in [0, 0.05) is 22.4 Å². The third-order valence-electron chi connectivity index (χ3n) is 3.01. The Morgan fingerprint density at radius 3 is 2.53 bits per heavy atom. The van der Waals surface area contributed by atoms with Crippen molar-refractivity contribution in [3.8, 4) is 17.3 Å². The first-order chi connectivity index (χ1) is 8.84. The van der Waals surface area contributed by atoms with E-state index in [0.717, 1.165) is 22.6 Å². The highest BCUT2D eigenvalue weighted by Gasteiger charge is 2.21. The number of aryl methyl sites for hydroxylation is 1. The molecule has 0 saturated heterocycles. The summed E-state index contributed by atoms with van der Waals surface area (Å²) in [5, 5.41) is 9.27. The fourth-order valence-corrected chi connectivity index (χ4v) is 1.88. The minimum Gasteiger partial charge on any atom is -0.383 e. The zero-order valence-corrected chi connectivity index (χ0v) is 11.6. The number of nitriles is 1. The van der Waals surface area contributed by atoms with Crippen molar-refractivity contribution in [3.63, 3.8) is 0 Å². The van der Waals surface area contributed by atoms with Crippen LogP contribution in [0.4, 0.5) is 5.82 Å². The van der Waals surface area contributed by atoms with Gasteiger partial charge in [0.25, 0.3) is 0 Å². The summed E-state index contributed by atoms with van der Waals surface area (Å²) in [5.74, 6) is 0.257. The van der Waals surface area contributed by atoms with E-state index in [4.69, 9.17) is 5.73 Å². The van der Waals surface area contributed by atoms with Crippen molar-refractivity contribution in [2.24, 2.45) is 0 Å². The molecule has 0 spiro atoms. The number of hydrogen-bond acceptors (Lipinski definition) is 4. The smallest absolute Gasteiger partial charge is 0.142 e. The number of aromatic amines is 1. The molecule has 0 atom stereocenters. The van der Waals surface area contributed by atoms with E-state index in [1.165, 1.54) is 0 Å². The summed E-state index contributed by atoms with van der Waals surface area (Å²) >= 11 is 0. The van der Waals surface area contributed by atoms with Crippen molar-refractivity contribution < 1.29 is 0 Å². The van der Waals surface area contributed by atoms with Crippen LogP contribution >= 0.6 is 0 Å². The third-order valence-corrected chi connectivity index (χ3v) is 3.01. The maximum atomic E-state index is 9.27. The monoisotopic (exact) mass is 255 g/mol. The molecule has 5 heteroatoms. The standard InChI is InChI=1S/C14H17N5/c1-8-12(18-7-17-8)9-5-11(14(2,3)4)19-13(16)10(9)6-15/h5,7H,1-4H3,(H2,16,19)(H,17,18). The van der Waals surface area contributed by atoms with Gasteiger partial charge >= 0.3 is 0 Å². The van der Waals surface area contributed by atoms with Gasteiger partial charge < -0.3 is 10.7 Å². The Morgan fingerprint density at radius 1 is 1.37 bits per heavy atom. The molecule has 0 aliphatic heterocycles. The van der Waals surface area contributed by atoms with Crippen molar-refractivity contribution in [2.75, 3.05) is 5.73 Å². The van der Waals surface area contributed by atoms with Gasteiger partial charge in [0.05, 0.1) is 12.0 Å². The third kappa shape index (κ3) is 2.29. The summed E-state index contributed by atoms with van der Waals surface area (Å²) < 4.78 is 0. The Labute approximate surface area is 112 Å². The summed E-state index contributed by atoms with van der Waals surface area (Å²) in [5.41, 5.74) is 9.39. The number of imidazole rings is 1. The van der Waals surface area contributed by atoms with Crippen LogP contribution in [0.2, 0.25) is 0 Å². The summed E-state index contributed by atoms with van der Waals surface area (Å²) in [7, 11) is 0. The number of rotatable bonds is 1. The molecule has 3 N–H and O–H groups in total. The molecule has 0 aliphatic carbocycles. The molecule has 0 saturated carbocycles. The maximum absolute atomic E-state index is 9.27. The molecular weight excluding hydrogens is 238 g/mol. The molecule has 2 aromatic heterocycles. The maximum Gasteiger partial charge on any atom is 0.142 e. The van der Waals surface area contributed by atoms with Gasteiger partial charge in [0.15, 0.2) is 0 Å². The number of pyridine rings is 1. The van der Waals surface area contributed by atoms with Gasteiger partial charge in [-0.25, -0.2) is 9.97 Å². The molecule has 0 unspecified atom stereocenters. The lowest BCUT2D eigenvalue weighted by molar-refractivity contribution is 0.570. The van der Waals surface area contributed by atoms with Crippen LogP contribution in [0.5, 0.6) is 0 Å². The lowest BCUT2D eigenvalue weighted by atomic mass is 9.89. The summed E-state index contributed by atoms with van der Waals surface area (Å²) in [6, 6.07) is 4.02. The number of H-pyrrole nitrogens is 1. The van der Waals surface area contributed by atoms with E-state index in [9.17, 15) is 5.26 Å². The van der Waals surface area contributed by atoms with Crippen molar-refractivity contribution in [1.82, 2.24) is 15.0 Å². The molecule has 0 amide bonds. The van der Waals surface area contributed by atoms with Gasteiger partial charge in [-0.1, -0.05) is 20.8 Å². The summed E-state index contributed by atoms with van der Waals surface area (Å²) in [4.78, 5) is 11.6. The van der Waals surface area contributed by atoms with Gasteiger partial charge in [0.1, 0.15) is 17.5 Å². The van der Waals surface area contributed by atoms with Crippen molar-refractivity contribution in [1.29, 1.82) is 5.26 Å². The minimum atomic E-state index is -0.138. The van der Waals surface area contributed by atoms with E-state index < -0.39 is 0 Å². The molecule has 0 aliphatic rings. The van der Waals surface area contributed by atoms with Gasteiger partial charge in [-0.05, 0) is 13.0 Å².